The first kappa shape index (κ1) is 24.9. The number of benzene rings is 2. The van der Waals surface area contributed by atoms with Crippen LogP contribution in [-0.4, -0.2) is 51.7 Å². The van der Waals surface area contributed by atoms with Crippen LogP contribution < -0.4 is 13.8 Å². The molecule has 0 atom stereocenters. The first-order chi connectivity index (χ1) is 16.2. The van der Waals surface area contributed by atoms with Gasteiger partial charge in [0.15, 0.2) is 11.5 Å². The van der Waals surface area contributed by atoms with Gasteiger partial charge in [-0.2, -0.15) is 0 Å². The number of nitrogens with zero attached hydrogens (tertiary/aromatic N) is 3. The molecule has 34 heavy (non-hydrogen) atoms. The van der Waals surface area contributed by atoms with Crippen molar-refractivity contribution >= 4 is 38.1 Å². The lowest BCUT2D eigenvalue weighted by molar-refractivity contribution is -0.384. The number of methoxy groups -OCH3 is 2. The SMILES string of the molecule is CCOC(=O)CN(c1nc(-c2cccc([N+](=O)[O-])c2)cs1)S(=O)(=O)c1ccc(OC)c(OC)c1. The van der Waals surface area contributed by atoms with E-state index in [2.05, 4.69) is 4.98 Å². The van der Waals surface area contributed by atoms with E-state index in [1.54, 1.807) is 18.4 Å². The zero-order valence-corrected chi connectivity index (χ0v) is 20.1. The second kappa shape index (κ2) is 10.5. The predicted octanol–water partition coefficient (Wildman–Crippen LogP) is 3.49. The van der Waals surface area contributed by atoms with Crippen molar-refractivity contribution in [3.8, 4) is 22.8 Å². The maximum Gasteiger partial charge on any atom is 0.326 e. The molecule has 3 aromatic rings. The van der Waals surface area contributed by atoms with Crippen LogP contribution in [0.25, 0.3) is 11.3 Å². The molecule has 13 heteroatoms. The van der Waals surface area contributed by atoms with Crippen LogP contribution in [0.4, 0.5) is 10.8 Å². The largest absolute Gasteiger partial charge is 0.493 e. The topological polar surface area (TPSA) is 138 Å². The quantitative estimate of drug-likeness (QED) is 0.229. The molecule has 0 radical (unpaired) electrons. The number of anilines is 1. The van der Waals surface area contributed by atoms with E-state index in [4.69, 9.17) is 14.2 Å². The average Bonchev–Trinajstić information content (AvgIpc) is 3.32. The molecule has 2 aromatic carbocycles. The van der Waals surface area contributed by atoms with E-state index in [-0.39, 0.29) is 28.1 Å². The molecule has 0 N–H and O–H groups in total. The minimum Gasteiger partial charge on any atom is -0.493 e. The van der Waals surface area contributed by atoms with Gasteiger partial charge in [0.25, 0.3) is 15.7 Å². The minimum absolute atomic E-state index is 0.00987. The van der Waals surface area contributed by atoms with Gasteiger partial charge in [-0.25, -0.2) is 17.7 Å². The summed E-state index contributed by atoms with van der Waals surface area (Å²) in [5.41, 5.74) is 0.616. The lowest BCUT2D eigenvalue weighted by Gasteiger charge is -2.21. The van der Waals surface area contributed by atoms with Crippen molar-refractivity contribution in [2.75, 3.05) is 31.7 Å². The Bertz CT molecular complexity index is 1310. The summed E-state index contributed by atoms with van der Waals surface area (Å²) in [5, 5.41) is 12.6. The fraction of sp³-hybridized carbons (Fsp3) is 0.238. The molecule has 0 saturated heterocycles. The molecule has 0 unspecified atom stereocenters. The molecule has 0 amide bonds. The number of aromatic nitrogens is 1. The Kier molecular flexibility index (Phi) is 7.68. The van der Waals surface area contributed by atoms with Gasteiger partial charge in [-0.15, -0.1) is 11.3 Å². The molecule has 0 fully saturated rings. The second-order valence-electron chi connectivity index (χ2n) is 6.66. The zero-order valence-electron chi connectivity index (χ0n) is 18.5. The summed E-state index contributed by atoms with van der Waals surface area (Å²) in [7, 11) is -1.49. The van der Waals surface area contributed by atoms with Crippen molar-refractivity contribution in [2.24, 2.45) is 0 Å². The van der Waals surface area contributed by atoms with Gasteiger partial charge in [-0.1, -0.05) is 12.1 Å². The van der Waals surface area contributed by atoms with E-state index in [1.165, 1.54) is 50.6 Å². The Morgan fingerprint density at radius 1 is 1.15 bits per heavy atom. The summed E-state index contributed by atoms with van der Waals surface area (Å²) in [4.78, 5) is 27.0. The number of esters is 1. The van der Waals surface area contributed by atoms with Crippen LogP contribution in [0.3, 0.4) is 0 Å². The first-order valence-electron chi connectivity index (χ1n) is 9.82. The number of sulfonamides is 1. The Balaban J connectivity index is 2.06. The number of ether oxygens (including phenoxy) is 3. The average molecular weight is 508 g/mol. The van der Waals surface area contributed by atoms with Crippen LogP contribution in [-0.2, 0) is 19.6 Å². The molecule has 11 nitrogen and oxygen atoms in total. The highest BCUT2D eigenvalue weighted by atomic mass is 32.2. The van der Waals surface area contributed by atoms with Crippen LogP contribution in [0.2, 0.25) is 0 Å². The van der Waals surface area contributed by atoms with Crippen molar-refractivity contribution in [3.05, 3.63) is 58.0 Å². The number of nitro benzene ring substituents is 1. The number of nitro groups is 1. The molecule has 0 spiro atoms. The van der Waals surface area contributed by atoms with Crippen LogP contribution in [0, 0.1) is 10.1 Å². The molecule has 0 aliphatic rings. The number of hydrogen-bond donors (Lipinski definition) is 0. The maximum absolute atomic E-state index is 13.5. The van der Waals surface area contributed by atoms with Crippen LogP contribution in [0.5, 0.6) is 11.5 Å². The monoisotopic (exact) mass is 507 g/mol. The summed E-state index contributed by atoms with van der Waals surface area (Å²) in [6, 6.07) is 9.83. The molecule has 3 rings (SSSR count). The van der Waals surface area contributed by atoms with Crippen LogP contribution in [0.15, 0.2) is 52.7 Å². The number of rotatable bonds is 10. The van der Waals surface area contributed by atoms with Gasteiger partial charge in [0.05, 0.1) is 36.3 Å². The van der Waals surface area contributed by atoms with Gasteiger partial charge in [-0.3, -0.25) is 14.9 Å². The van der Waals surface area contributed by atoms with Crippen molar-refractivity contribution < 1.29 is 32.3 Å². The number of thiazole rings is 1. The zero-order chi connectivity index (χ0) is 24.9. The third kappa shape index (κ3) is 5.26. The molecule has 0 saturated carbocycles. The number of hydrogen-bond acceptors (Lipinski definition) is 10. The summed E-state index contributed by atoms with van der Waals surface area (Å²) >= 11 is 0.968. The van der Waals surface area contributed by atoms with Gasteiger partial charge >= 0.3 is 5.97 Å². The number of non-ortho nitro benzene ring substituents is 1. The van der Waals surface area contributed by atoms with Crippen LogP contribution >= 0.6 is 11.3 Å². The molecule has 1 heterocycles. The second-order valence-corrected chi connectivity index (χ2v) is 9.36. The summed E-state index contributed by atoms with van der Waals surface area (Å²) in [6.45, 7) is 1.06. The fourth-order valence-corrected chi connectivity index (χ4v) is 5.41. The maximum atomic E-state index is 13.5. The standard InChI is InChI=1S/C21H21N3O8S2/c1-4-32-20(25)12-23(34(28,29)16-8-9-18(30-2)19(11-16)31-3)21-22-17(13-33-21)14-6-5-7-15(10-14)24(26)27/h5-11,13H,4,12H2,1-3H3. The normalized spacial score (nSPS) is 11.0. The molecule has 0 aliphatic heterocycles. The van der Waals surface area contributed by atoms with E-state index in [1.807, 2.05) is 0 Å². The Hall–Kier alpha value is -3.71. The van der Waals surface area contributed by atoms with Crippen molar-refractivity contribution in [1.29, 1.82) is 0 Å². The first-order valence-corrected chi connectivity index (χ1v) is 12.1. The molecular formula is C21H21N3O8S2. The molecule has 0 aliphatic carbocycles. The molecule has 1 aromatic heterocycles. The molecule has 180 valence electrons. The van der Waals surface area contributed by atoms with E-state index in [9.17, 15) is 23.3 Å². The van der Waals surface area contributed by atoms with Crippen molar-refractivity contribution in [2.45, 2.75) is 11.8 Å². The Morgan fingerprint density at radius 3 is 2.53 bits per heavy atom. The van der Waals surface area contributed by atoms with E-state index >= 15 is 0 Å². The third-order valence-corrected chi connectivity index (χ3v) is 7.29. The van der Waals surface area contributed by atoms with E-state index in [0.717, 1.165) is 15.6 Å². The highest BCUT2D eigenvalue weighted by Crippen LogP contribution is 2.35. The van der Waals surface area contributed by atoms with Gasteiger partial charge < -0.3 is 14.2 Å². The Morgan fingerprint density at radius 2 is 1.88 bits per heavy atom. The van der Waals surface area contributed by atoms with Crippen molar-refractivity contribution in [1.82, 2.24) is 4.98 Å². The summed E-state index contributed by atoms with van der Waals surface area (Å²) in [5.74, 6) is -0.240. The van der Waals surface area contributed by atoms with Crippen molar-refractivity contribution in [3.63, 3.8) is 0 Å². The van der Waals surface area contributed by atoms with Gasteiger partial charge in [0.2, 0.25) is 5.13 Å². The third-order valence-electron chi connectivity index (χ3n) is 4.58. The lowest BCUT2D eigenvalue weighted by atomic mass is 10.1. The minimum atomic E-state index is -4.28. The predicted molar refractivity (Wildman–Crippen MR) is 125 cm³/mol. The van der Waals surface area contributed by atoms with Gasteiger partial charge in [0, 0.05) is 29.1 Å². The number of carbonyl (C=O) groups excluding carboxylic acids is 1. The summed E-state index contributed by atoms with van der Waals surface area (Å²) in [6.07, 6.45) is 0. The Labute approximate surface area is 199 Å². The molecular weight excluding hydrogens is 486 g/mol. The molecule has 0 bridgehead atoms. The van der Waals surface area contributed by atoms with E-state index in [0.29, 0.717) is 17.0 Å². The van der Waals surface area contributed by atoms with Gasteiger partial charge in [0.1, 0.15) is 6.54 Å². The fourth-order valence-electron chi connectivity index (χ4n) is 2.97. The van der Waals surface area contributed by atoms with E-state index < -0.39 is 27.5 Å². The lowest BCUT2D eigenvalue weighted by Crippen LogP contribution is -2.36. The highest BCUT2D eigenvalue weighted by molar-refractivity contribution is 7.93. The van der Waals surface area contributed by atoms with Crippen LogP contribution in [0.1, 0.15) is 6.92 Å². The smallest absolute Gasteiger partial charge is 0.326 e. The summed E-state index contributed by atoms with van der Waals surface area (Å²) < 4.78 is 43.2. The number of carbonyl (C=O) groups is 1. The van der Waals surface area contributed by atoms with Gasteiger partial charge in [-0.05, 0) is 19.1 Å². The highest BCUT2D eigenvalue weighted by Gasteiger charge is 2.31.